The van der Waals surface area contributed by atoms with E-state index in [9.17, 15) is 0 Å². The highest BCUT2D eigenvalue weighted by molar-refractivity contribution is 5.58. The zero-order valence-electron chi connectivity index (χ0n) is 15.4. The van der Waals surface area contributed by atoms with Crippen LogP contribution >= 0.6 is 0 Å². The largest absolute Gasteiger partial charge is 0.478 e. The summed E-state index contributed by atoms with van der Waals surface area (Å²) in [6.45, 7) is 7.39. The number of ether oxygens (including phenoxy) is 1. The molecule has 134 valence electrons. The maximum atomic E-state index is 5.51. The van der Waals surface area contributed by atoms with Gasteiger partial charge in [0, 0.05) is 48.0 Å². The van der Waals surface area contributed by atoms with Crippen molar-refractivity contribution in [1.29, 1.82) is 0 Å². The fourth-order valence-electron chi connectivity index (χ4n) is 2.42. The van der Waals surface area contributed by atoms with Gasteiger partial charge < -0.3 is 10.1 Å². The maximum absolute atomic E-state index is 5.51. The number of rotatable bonds is 7. The molecule has 3 rings (SSSR count). The second kappa shape index (κ2) is 8.38. The van der Waals surface area contributed by atoms with Gasteiger partial charge in [0.15, 0.2) is 5.82 Å². The van der Waals surface area contributed by atoms with Gasteiger partial charge in [0.2, 0.25) is 5.88 Å². The number of aryl methyl sites for hydroxylation is 1. The summed E-state index contributed by atoms with van der Waals surface area (Å²) in [5.41, 5.74) is 3.95. The van der Waals surface area contributed by atoms with Crippen LogP contribution in [0.3, 0.4) is 0 Å². The number of hydrogen-bond donors (Lipinski definition) is 1. The van der Waals surface area contributed by atoms with E-state index in [0.717, 1.165) is 34.6 Å². The van der Waals surface area contributed by atoms with Crippen molar-refractivity contribution in [2.45, 2.75) is 33.7 Å². The first-order valence-corrected chi connectivity index (χ1v) is 8.74. The van der Waals surface area contributed by atoms with Crippen LogP contribution in [-0.2, 0) is 6.54 Å². The van der Waals surface area contributed by atoms with Crippen molar-refractivity contribution >= 4 is 5.82 Å². The van der Waals surface area contributed by atoms with Gasteiger partial charge in [-0.3, -0.25) is 4.98 Å². The van der Waals surface area contributed by atoms with Crippen LogP contribution in [0.2, 0.25) is 0 Å². The Labute approximate surface area is 153 Å². The van der Waals surface area contributed by atoms with Crippen LogP contribution in [0.15, 0.2) is 42.9 Å². The number of nitrogens with one attached hydrogen (secondary N) is 1. The summed E-state index contributed by atoms with van der Waals surface area (Å²) in [5, 5.41) is 3.39. The van der Waals surface area contributed by atoms with Crippen molar-refractivity contribution in [3.8, 4) is 17.3 Å². The van der Waals surface area contributed by atoms with Crippen molar-refractivity contribution in [3.63, 3.8) is 0 Å². The number of anilines is 1. The topological polar surface area (TPSA) is 72.8 Å². The monoisotopic (exact) mass is 349 g/mol. The molecule has 0 aliphatic carbocycles. The SMILES string of the molecule is CCCOc1ccc(CNc2nc(-c3cccnc3)nc(C)c2C)cn1. The molecule has 0 aliphatic rings. The van der Waals surface area contributed by atoms with E-state index in [-0.39, 0.29) is 0 Å². The summed E-state index contributed by atoms with van der Waals surface area (Å²) in [4.78, 5) is 17.7. The predicted octanol–water partition coefficient (Wildman–Crippen LogP) is 3.95. The van der Waals surface area contributed by atoms with Gasteiger partial charge in [-0.25, -0.2) is 15.0 Å². The Morgan fingerprint density at radius 1 is 1.08 bits per heavy atom. The Bertz CT molecular complexity index is 850. The van der Waals surface area contributed by atoms with Gasteiger partial charge in [-0.2, -0.15) is 0 Å². The molecule has 3 aromatic heterocycles. The number of aromatic nitrogens is 4. The Morgan fingerprint density at radius 2 is 1.96 bits per heavy atom. The van der Waals surface area contributed by atoms with E-state index in [1.54, 1.807) is 12.4 Å². The molecule has 0 bridgehead atoms. The Balaban J connectivity index is 1.74. The molecule has 6 nitrogen and oxygen atoms in total. The molecule has 0 unspecified atom stereocenters. The van der Waals surface area contributed by atoms with Gasteiger partial charge in [0.05, 0.1) is 6.61 Å². The summed E-state index contributed by atoms with van der Waals surface area (Å²) in [7, 11) is 0. The first kappa shape index (κ1) is 17.8. The van der Waals surface area contributed by atoms with Gasteiger partial charge in [0.1, 0.15) is 5.82 Å². The van der Waals surface area contributed by atoms with Crippen LogP contribution in [-0.4, -0.2) is 26.5 Å². The molecule has 0 radical (unpaired) electrons. The molecule has 0 aromatic carbocycles. The van der Waals surface area contributed by atoms with Crippen molar-refractivity contribution in [3.05, 3.63) is 59.7 Å². The highest BCUT2D eigenvalue weighted by atomic mass is 16.5. The quantitative estimate of drug-likeness (QED) is 0.696. The zero-order valence-corrected chi connectivity index (χ0v) is 15.4. The Kier molecular flexibility index (Phi) is 5.73. The van der Waals surface area contributed by atoms with E-state index in [1.807, 2.05) is 44.3 Å². The molecule has 3 heterocycles. The van der Waals surface area contributed by atoms with Crippen molar-refractivity contribution in [2.24, 2.45) is 0 Å². The van der Waals surface area contributed by atoms with Gasteiger partial charge in [0.25, 0.3) is 0 Å². The maximum Gasteiger partial charge on any atom is 0.213 e. The molecule has 6 heteroatoms. The average molecular weight is 349 g/mol. The minimum atomic E-state index is 0.630. The molecule has 26 heavy (non-hydrogen) atoms. The van der Waals surface area contributed by atoms with Crippen molar-refractivity contribution in [2.75, 3.05) is 11.9 Å². The van der Waals surface area contributed by atoms with E-state index in [4.69, 9.17) is 4.74 Å². The normalized spacial score (nSPS) is 10.6. The summed E-state index contributed by atoms with van der Waals surface area (Å²) in [5.74, 6) is 2.15. The van der Waals surface area contributed by atoms with Crippen molar-refractivity contribution < 1.29 is 4.74 Å². The van der Waals surface area contributed by atoms with Gasteiger partial charge in [-0.1, -0.05) is 13.0 Å². The third-order valence-electron chi connectivity index (χ3n) is 4.02. The Hall–Kier alpha value is -3.02. The highest BCUT2D eigenvalue weighted by Crippen LogP contribution is 2.21. The third-order valence-corrected chi connectivity index (χ3v) is 4.02. The van der Waals surface area contributed by atoms with E-state index < -0.39 is 0 Å². The molecule has 0 aliphatic heterocycles. The fourth-order valence-corrected chi connectivity index (χ4v) is 2.42. The van der Waals surface area contributed by atoms with Crippen LogP contribution in [0.5, 0.6) is 5.88 Å². The van der Waals surface area contributed by atoms with Crippen LogP contribution < -0.4 is 10.1 Å². The third kappa shape index (κ3) is 4.33. The van der Waals surface area contributed by atoms with E-state index in [2.05, 4.69) is 32.2 Å². The molecular weight excluding hydrogens is 326 g/mol. The molecule has 0 atom stereocenters. The predicted molar refractivity (Wildman–Crippen MR) is 102 cm³/mol. The Morgan fingerprint density at radius 3 is 2.65 bits per heavy atom. The fraction of sp³-hybridized carbons (Fsp3) is 0.300. The molecule has 0 saturated heterocycles. The van der Waals surface area contributed by atoms with Crippen LogP contribution in [0.1, 0.15) is 30.2 Å². The van der Waals surface area contributed by atoms with Crippen LogP contribution in [0.4, 0.5) is 5.82 Å². The van der Waals surface area contributed by atoms with E-state index in [0.29, 0.717) is 24.9 Å². The molecule has 0 spiro atoms. The number of nitrogens with zero attached hydrogens (tertiary/aromatic N) is 4. The van der Waals surface area contributed by atoms with E-state index >= 15 is 0 Å². The lowest BCUT2D eigenvalue weighted by Gasteiger charge is -2.12. The lowest BCUT2D eigenvalue weighted by molar-refractivity contribution is 0.305. The molecule has 0 fully saturated rings. The summed E-state index contributed by atoms with van der Waals surface area (Å²) in [6, 6.07) is 7.75. The second-order valence-corrected chi connectivity index (χ2v) is 6.05. The molecule has 1 N–H and O–H groups in total. The molecule has 0 saturated carbocycles. The number of pyridine rings is 2. The minimum absolute atomic E-state index is 0.630. The molecule has 0 amide bonds. The lowest BCUT2D eigenvalue weighted by atomic mass is 10.2. The van der Waals surface area contributed by atoms with Gasteiger partial charge >= 0.3 is 0 Å². The number of hydrogen-bond acceptors (Lipinski definition) is 6. The smallest absolute Gasteiger partial charge is 0.213 e. The first-order chi connectivity index (χ1) is 12.7. The van der Waals surface area contributed by atoms with Gasteiger partial charge in [-0.15, -0.1) is 0 Å². The first-order valence-electron chi connectivity index (χ1n) is 8.74. The molecule has 3 aromatic rings. The second-order valence-electron chi connectivity index (χ2n) is 6.05. The van der Waals surface area contributed by atoms with Crippen molar-refractivity contribution in [1.82, 2.24) is 19.9 Å². The van der Waals surface area contributed by atoms with Gasteiger partial charge in [-0.05, 0) is 38.0 Å². The highest BCUT2D eigenvalue weighted by Gasteiger charge is 2.10. The minimum Gasteiger partial charge on any atom is -0.478 e. The summed E-state index contributed by atoms with van der Waals surface area (Å²) in [6.07, 6.45) is 6.30. The zero-order chi connectivity index (χ0) is 18.4. The van der Waals surface area contributed by atoms with E-state index in [1.165, 1.54) is 0 Å². The average Bonchev–Trinajstić information content (AvgIpc) is 2.69. The standard InChI is InChI=1S/C20H23N5O/c1-4-10-26-18-8-7-16(11-22-18)12-23-19-14(2)15(3)24-20(25-19)17-6-5-9-21-13-17/h5-9,11,13H,4,10,12H2,1-3H3,(H,23,24,25). The molecular formula is C20H23N5O. The lowest BCUT2D eigenvalue weighted by Crippen LogP contribution is -2.07. The summed E-state index contributed by atoms with van der Waals surface area (Å²) < 4.78 is 5.51. The summed E-state index contributed by atoms with van der Waals surface area (Å²) >= 11 is 0. The van der Waals surface area contributed by atoms with Crippen LogP contribution in [0, 0.1) is 13.8 Å². The van der Waals surface area contributed by atoms with Crippen LogP contribution in [0.25, 0.3) is 11.4 Å².